The van der Waals surface area contributed by atoms with Gasteiger partial charge in [-0.05, 0) is 17.7 Å². The summed E-state index contributed by atoms with van der Waals surface area (Å²) in [6.45, 7) is 0. The molecule has 1 aromatic heterocycles. The predicted molar refractivity (Wildman–Crippen MR) is 110 cm³/mol. The molecule has 0 aliphatic heterocycles. The van der Waals surface area contributed by atoms with Crippen molar-refractivity contribution in [2.75, 3.05) is 10.7 Å². The van der Waals surface area contributed by atoms with Crippen molar-refractivity contribution >= 4 is 29.5 Å². The number of hydrogen-bond acceptors (Lipinski definition) is 9. The largest absolute Gasteiger partial charge is 0.440 e. The molecule has 1 heterocycles. The second-order valence-electron chi connectivity index (χ2n) is 6.56. The molecule has 2 aromatic carbocycles. The molecule has 0 radical (unpaired) electrons. The summed E-state index contributed by atoms with van der Waals surface area (Å²) < 4.78 is 81.5. The lowest BCUT2D eigenvalue weighted by Crippen LogP contribution is -2.46. The van der Waals surface area contributed by atoms with E-state index < -0.39 is 41.3 Å². The zero-order valence-corrected chi connectivity index (χ0v) is 17.1. The van der Waals surface area contributed by atoms with Crippen molar-refractivity contribution in [3.8, 4) is 6.01 Å². The molecule has 0 spiro atoms. The number of benzene rings is 2. The van der Waals surface area contributed by atoms with Crippen LogP contribution in [0.3, 0.4) is 0 Å². The summed E-state index contributed by atoms with van der Waals surface area (Å²) in [5.41, 5.74) is 2.76. The van der Waals surface area contributed by atoms with Gasteiger partial charge < -0.3 is 10.1 Å². The lowest BCUT2D eigenvalue weighted by Gasteiger charge is -2.22. The molecule has 0 aliphatic carbocycles. The Morgan fingerprint density at radius 1 is 0.914 bits per heavy atom. The highest BCUT2D eigenvalue weighted by molar-refractivity contribution is 5.79. The standard InChI is InChI=1S/C19H13F6N7O3/c20-18(21,22)14(19(23,24)25)35-17-29-15(27-12-6-8-13(9-7-12)32(33)34)28-16(30-17)31-26-10-11-4-2-1-3-5-11/h1-10,14H,(H2,27,28,29,30,31)/b26-10-. The number of nitro groups is 1. The Morgan fingerprint density at radius 3 is 2.09 bits per heavy atom. The fraction of sp³-hybridized carbons (Fsp3) is 0.158. The molecular formula is C19H13F6N7O3. The number of hydrazone groups is 1. The molecule has 10 nitrogen and oxygen atoms in total. The van der Waals surface area contributed by atoms with Crippen LogP contribution < -0.4 is 15.5 Å². The first-order valence-corrected chi connectivity index (χ1v) is 9.33. The summed E-state index contributed by atoms with van der Waals surface area (Å²) in [6, 6.07) is 11.8. The summed E-state index contributed by atoms with van der Waals surface area (Å²) in [6.07, 6.45) is -14.5. The molecule has 2 N–H and O–H groups in total. The van der Waals surface area contributed by atoms with Crippen LogP contribution in [-0.2, 0) is 0 Å². The SMILES string of the molecule is O=[N+]([O-])c1ccc(Nc2nc(N/N=C\c3ccccc3)nc(OC(C(F)(F)F)C(F)(F)F)n2)cc1. The van der Waals surface area contributed by atoms with E-state index in [2.05, 4.69) is 35.5 Å². The Bertz CT molecular complexity index is 1170. The number of ether oxygens (including phenoxy) is 1. The van der Waals surface area contributed by atoms with Crippen molar-refractivity contribution in [3.05, 3.63) is 70.3 Å². The normalized spacial score (nSPS) is 12.1. The van der Waals surface area contributed by atoms with E-state index in [0.717, 1.165) is 12.1 Å². The second kappa shape index (κ2) is 10.2. The Hall–Kier alpha value is -4.50. The number of alkyl halides is 6. The number of nitro benzene ring substituents is 1. The van der Waals surface area contributed by atoms with E-state index in [-0.39, 0.29) is 11.4 Å². The third-order valence-electron chi connectivity index (χ3n) is 3.94. The van der Waals surface area contributed by atoms with Crippen LogP contribution in [0.2, 0.25) is 0 Å². The fourth-order valence-corrected chi connectivity index (χ4v) is 2.44. The highest BCUT2D eigenvalue weighted by Crippen LogP contribution is 2.36. The molecule has 0 atom stereocenters. The first-order valence-electron chi connectivity index (χ1n) is 9.33. The monoisotopic (exact) mass is 501 g/mol. The van der Waals surface area contributed by atoms with Crippen LogP contribution in [0, 0.1) is 10.1 Å². The second-order valence-corrected chi connectivity index (χ2v) is 6.56. The number of nitrogens with zero attached hydrogens (tertiary/aromatic N) is 5. The first kappa shape index (κ1) is 25.1. The van der Waals surface area contributed by atoms with E-state index in [1.807, 2.05) is 0 Å². The summed E-state index contributed by atoms with van der Waals surface area (Å²) in [5, 5.41) is 17.0. The average Bonchev–Trinajstić information content (AvgIpc) is 2.77. The van der Waals surface area contributed by atoms with Crippen molar-refractivity contribution in [1.29, 1.82) is 0 Å². The number of anilines is 3. The van der Waals surface area contributed by atoms with E-state index in [9.17, 15) is 36.5 Å². The van der Waals surface area contributed by atoms with Gasteiger partial charge in [0.15, 0.2) is 0 Å². The molecule has 0 aliphatic rings. The van der Waals surface area contributed by atoms with Crippen LogP contribution in [-0.4, -0.2) is 44.5 Å². The predicted octanol–water partition coefficient (Wildman–Crippen LogP) is 4.84. The number of aromatic nitrogens is 3. The zero-order chi connectivity index (χ0) is 25.6. The minimum absolute atomic E-state index is 0.134. The number of halogens is 6. The molecule has 3 aromatic rings. The van der Waals surface area contributed by atoms with Crippen LogP contribution >= 0.6 is 0 Å². The summed E-state index contributed by atoms with van der Waals surface area (Å²) in [4.78, 5) is 20.8. The van der Waals surface area contributed by atoms with E-state index in [1.54, 1.807) is 30.3 Å². The summed E-state index contributed by atoms with van der Waals surface area (Å²) >= 11 is 0. The fourth-order valence-electron chi connectivity index (χ4n) is 2.44. The number of nitrogens with one attached hydrogen (secondary N) is 2. The van der Waals surface area contributed by atoms with Crippen molar-refractivity contribution in [2.45, 2.75) is 18.5 Å². The zero-order valence-electron chi connectivity index (χ0n) is 17.1. The van der Waals surface area contributed by atoms with Gasteiger partial charge in [-0.1, -0.05) is 30.3 Å². The molecule has 35 heavy (non-hydrogen) atoms. The van der Waals surface area contributed by atoms with Gasteiger partial charge in [0.1, 0.15) is 0 Å². The van der Waals surface area contributed by atoms with Gasteiger partial charge in [0.25, 0.3) is 17.7 Å². The number of non-ortho nitro benzene ring substituents is 1. The molecule has 0 bridgehead atoms. The molecule has 3 rings (SSSR count). The van der Waals surface area contributed by atoms with Crippen LogP contribution in [0.1, 0.15) is 5.56 Å². The average molecular weight is 501 g/mol. The van der Waals surface area contributed by atoms with Crippen molar-refractivity contribution in [1.82, 2.24) is 15.0 Å². The molecule has 0 amide bonds. The minimum Gasteiger partial charge on any atom is -0.440 e. The summed E-state index contributed by atoms with van der Waals surface area (Å²) in [5.74, 6) is -1.07. The molecule has 0 saturated carbocycles. The number of rotatable bonds is 8. The highest BCUT2D eigenvalue weighted by atomic mass is 19.4. The molecule has 16 heteroatoms. The smallest absolute Gasteiger partial charge is 0.434 e. The maximum Gasteiger partial charge on any atom is 0.434 e. The van der Waals surface area contributed by atoms with Crippen LogP contribution in [0.15, 0.2) is 59.7 Å². The third-order valence-corrected chi connectivity index (χ3v) is 3.94. The summed E-state index contributed by atoms with van der Waals surface area (Å²) in [7, 11) is 0. The molecule has 0 saturated heterocycles. The maximum atomic E-state index is 12.9. The van der Waals surface area contributed by atoms with Crippen molar-refractivity contribution in [2.24, 2.45) is 5.10 Å². The minimum atomic E-state index is -5.81. The molecule has 0 unspecified atom stereocenters. The molecule has 0 fully saturated rings. The quantitative estimate of drug-likeness (QED) is 0.194. The molecule has 184 valence electrons. The Balaban J connectivity index is 1.91. The topological polar surface area (TPSA) is 127 Å². The highest BCUT2D eigenvalue weighted by Gasteiger charge is 2.59. The Labute approximate surface area is 191 Å². The van der Waals surface area contributed by atoms with Gasteiger partial charge in [0.05, 0.1) is 11.1 Å². The molecular weight excluding hydrogens is 488 g/mol. The van der Waals surface area contributed by atoms with Gasteiger partial charge in [-0.15, -0.1) is 0 Å². The van der Waals surface area contributed by atoms with Crippen molar-refractivity contribution < 1.29 is 36.0 Å². The lowest BCUT2D eigenvalue weighted by atomic mass is 10.2. The van der Waals surface area contributed by atoms with Gasteiger partial charge in [-0.2, -0.15) is 46.4 Å². The third kappa shape index (κ3) is 7.24. The van der Waals surface area contributed by atoms with Gasteiger partial charge in [-0.25, -0.2) is 5.43 Å². The number of hydrogen-bond donors (Lipinski definition) is 2. The van der Waals surface area contributed by atoms with Crippen LogP contribution in [0.5, 0.6) is 6.01 Å². The lowest BCUT2D eigenvalue weighted by molar-refractivity contribution is -0.384. The van der Waals surface area contributed by atoms with Gasteiger partial charge in [0, 0.05) is 17.8 Å². The van der Waals surface area contributed by atoms with E-state index >= 15 is 0 Å². The van der Waals surface area contributed by atoms with Gasteiger partial charge in [0.2, 0.25) is 5.95 Å². The van der Waals surface area contributed by atoms with E-state index in [0.29, 0.717) is 5.56 Å². The van der Waals surface area contributed by atoms with Crippen LogP contribution in [0.25, 0.3) is 0 Å². The van der Waals surface area contributed by atoms with Crippen LogP contribution in [0.4, 0.5) is 49.6 Å². The maximum absolute atomic E-state index is 12.9. The Morgan fingerprint density at radius 2 is 1.51 bits per heavy atom. The Kier molecular flexibility index (Phi) is 7.31. The van der Waals surface area contributed by atoms with E-state index in [4.69, 9.17) is 0 Å². The van der Waals surface area contributed by atoms with E-state index in [1.165, 1.54) is 18.3 Å². The van der Waals surface area contributed by atoms with Gasteiger partial charge in [-0.3, -0.25) is 10.1 Å². The first-order chi connectivity index (χ1) is 16.4. The van der Waals surface area contributed by atoms with Gasteiger partial charge >= 0.3 is 18.4 Å². The van der Waals surface area contributed by atoms with Crippen molar-refractivity contribution in [3.63, 3.8) is 0 Å².